The normalized spacial score (nSPS) is 19.5. The SMILES string of the molecule is CCN1C[C@@H](C(=O)NCc2cc3c(cc2OC)OCCO3)CCC1=O. The van der Waals surface area contributed by atoms with E-state index in [4.69, 9.17) is 14.2 Å². The molecule has 1 N–H and O–H groups in total. The second-order valence-electron chi connectivity index (χ2n) is 6.19. The van der Waals surface area contributed by atoms with Crippen molar-refractivity contribution in [2.24, 2.45) is 5.92 Å². The van der Waals surface area contributed by atoms with E-state index in [9.17, 15) is 9.59 Å². The first-order valence-corrected chi connectivity index (χ1v) is 8.64. The van der Waals surface area contributed by atoms with Crippen molar-refractivity contribution in [1.29, 1.82) is 0 Å². The van der Waals surface area contributed by atoms with Crippen molar-refractivity contribution in [3.05, 3.63) is 17.7 Å². The van der Waals surface area contributed by atoms with Gasteiger partial charge in [0.2, 0.25) is 11.8 Å². The molecule has 1 aromatic carbocycles. The molecule has 7 heteroatoms. The van der Waals surface area contributed by atoms with Crippen molar-refractivity contribution >= 4 is 11.8 Å². The maximum absolute atomic E-state index is 12.5. The number of piperidine rings is 1. The number of methoxy groups -OCH3 is 1. The van der Waals surface area contributed by atoms with Crippen LogP contribution in [0.1, 0.15) is 25.3 Å². The van der Waals surface area contributed by atoms with Gasteiger partial charge in [-0.05, 0) is 19.4 Å². The summed E-state index contributed by atoms with van der Waals surface area (Å²) in [4.78, 5) is 26.0. The highest BCUT2D eigenvalue weighted by molar-refractivity contribution is 5.83. The molecule has 7 nitrogen and oxygen atoms in total. The predicted molar refractivity (Wildman–Crippen MR) is 90.8 cm³/mol. The van der Waals surface area contributed by atoms with Crippen molar-refractivity contribution in [2.45, 2.75) is 26.3 Å². The van der Waals surface area contributed by atoms with Gasteiger partial charge in [0.25, 0.3) is 0 Å². The smallest absolute Gasteiger partial charge is 0.225 e. The Balaban J connectivity index is 1.65. The zero-order valence-corrected chi connectivity index (χ0v) is 14.7. The Morgan fingerprint density at radius 1 is 1.32 bits per heavy atom. The van der Waals surface area contributed by atoms with Gasteiger partial charge < -0.3 is 24.4 Å². The molecule has 136 valence electrons. The number of benzene rings is 1. The zero-order chi connectivity index (χ0) is 17.8. The Kier molecular flexibility index (Phi) is 5.31. The van der Waals surface area contributed by atoms with Crippen molar-refractivity contribution in [1.82, 2.24) is 10.2 Å². The molecule has 2 heterocycles. The van der Waals surface area contributed by atoms with Crippen LogP contribution in [-0.2, 0) is 16.1 Å². The average molecular weight is 348 g/mol. The summed E-state index contributed by atoms with van der Waals surface area (Å²) < 4.78 is 16.5. The minimum absolute atomic E-state index is 0.0390. The lowest BCUT2D eigenvalue weighted by atomic mass is 9.96. The number of carbonyl (C=O) groups excluding carboxylic acids is 2. The number of likely N-dealkylation sites (tertiary alicyclic amines) is 1. The standard InChI is InChI=1S/C18H24N2O5/c1-3-20-11-12(4-5-17(20)21)18(22)19-10-13-8-15-16(9-14(13)23-2)25-7-6-24-15/h8-9,12H,3-7,10-11H2,1-2H3,(H,19,22)/t12-/m0/s1. The zero-order valence-electron chi connectivity index (χ0n) is 14.7. The Labute approximate surface area is 147 Å². The van der Waals surface area contributed by atoms with E-state index in [1.54, 1.807) is 18.1 Å². The molecule has 0 spiro atoms. The quantitative estimate of drug-likeness (QED) is 0.869. The van der Waals surface area contributed by atoms with Crippen LogP contribution in [0.3, 0.4) is 0 Å². The Morgan fingerprint density at radius 2 is 2.04 bits per heavy atom. The van der Waals surface area contributed by atoms with Gasteiger partial charge in [-0.1, -0.05) is 0 Å². The molecular formula is C18H24N2O5. The highest BCUT2D eigenvalue weighted by Crippen LogP contribution is 2.36. The van der Waals surface area contributed by atoms with Crippen molar-refractivity contribution in [3.63, 3.8) is 0 Å². The third-order valence-corrected chi connectivity index (χ3v) is 4.65. The van der Waals surface area contributed by atoms with E-state index < -0.39 is 0 Å². The second kappa shape index (κ2) is 7.63. The Morgan fingerprint density at radius 3 is 2.72 bits per heavy atom. The third kappa shape index (κ3) is 3.81. The largest absolute Gasteiger partial charge is 0.496 e. The van der Waals surface area contributed by atoms with Crippen molar-refractivity contribution in [3.8, 4) is 17.2 Å². The van der Waals surface area contributed by atoms with Crippen molar-refractivity contribution in [2.75, 3.05) is 33.4 Å². The van der Waals surface area contributed by atoms with E-state index >= 15 is 0 Å². The molecule has 0 aromatic heterocycles. The highest BCUT2D eigenvalue weighted by Gasteiger charge is 2.29. The summed E-state index contributed by atoms with van der Waals surface area (Å²) in [6, 6.07) is 3.63. The van der Waals surface area contributed by atoms with Crippen LogP contribution < -0.4 is 19.5 Å². The fourth-order valence-electron chi connectivity index (χ4n) is 3.20. The summed E-state index contributed by atoms with van der Waals surface area (Å²) in [5.41, 5.74) is 0.833. The van der Waals surface area contributed by atoms with Gasteiger partial charge in [0, 0.05) is 37.7 Å². The summed E-state index contributed by atoms with van der Waals surface area (Å²) in [6.45, 7) is 4.42. The summed E-state index contributed by atoms with van der Waals surface area (Å²) in [7, 11) is 1.59. The number of nitrogens with one attached hydrogen (secondary N) is 1. The summed E-state index contributed by atoms with van der Waals surface area (Å²) in [5.74, 6) is 1.89. The van der Waals surface area contributed by atoms with Crippen LogP contribution in [0.2, 0.25) is 0 Å². The van der Waals surface area contributed by atoms with Crippen molar-refractivity contribution < 1.29 is 23.8 Å². The number of rotatable bonds is 5. The fraction of sp³-hybridized carbons (Fsp3) is 0.556. The van der Waals surface area contributed by atoms with E-state index in [0.717, 1.165) is 5.56 Å². The molecule has 2 aliphatic heterocycles. The van der Waals surface area contributed by atoms with E-state index in [1.165, 1.54) is 0 Å². The van der Waals surface area contributed by atoms with Crippen LogP contribution >= 0.6 is 0 Å². The monoisotopic (exact) mass is 348 g/mol. The number of carbonyl (C=O) groups is 2. The van der Waals surface area contributed by atoms with Crippen LogP contribution in [0, 0.1) is 5.92 Å². The van der Waals surface area contributed by atoms with Gasteiger partial charge in [-0.2, -0.15) is 0 Å². The minimum Gasteiger partial charge on any atom is -0.496 e. The maximum Gasteiger partial charge on any atom is 0.225 e. The minimum atomic E-state index is -0.166. The Hall–Kier alpha value is -2.44. The van der Waals surface area contributed by atoms with Gasteiger partial charge in [0.05, 0.1) is 13.0 Å². The molecule has 1 fully saturated rings. The highest BCUT2D eigenvalue weighted by atomic mass is 16.6. The molecule has 0 radical (unpaired) electrons. The average Bonchev–Trinajstić information content (AvgIpc) is 2.65. The van der Waals surface area contributed by atoms with Crippen LogP contribution in [-0.4, -0.2) is 50.1 Å². The first kappa shape index (κ1) is 17.4. The van der Waals surface area contributed by atoms with Gasteiger partial charge in [0.1, 0.15) is 19.0 Å². The van der Waals surface area contributed by atoms with Gasteiger partial charge in [0.15, 0.2) is 11.5 Å². The van der Waals surface area contributed by atoms with Crippen LogP contribution in [0.15, 0.2) is 12.1 Å². The summed E-state index contributed by atoms with van der Waals surface area (Å²) >= 11 is 0. The molecule has 1 aromatic rings. The lowest BCUT2D eigenvalue weighted by Crippen LogP contribution is -2.45. The molecule has 0 unspecified atom stereocenters. The van der Waals surface area contributed by atoms with Gasteiger partial charge in [-0.25, -0.2) is 0 Å². The number of ether oxygens (including phenoxy) is 3. The number of fused-ring (bicyclic) bond motifs is 1. The number of amides is 2. The molecule has 0 bridgehead atoms. The van der Waals surface area contributed by atoms with E-state index in [1.807, 2.05) is 13.0 Å². The maximum atomic E-state index is 12.5. The predicted octanol–water partition coefficient (Wildman–Crippen LogP) is 1.34. The molecular weight excluding hydrogens is 324 g/mol. The molecule has 0 aliphatic carbocycles. The molecule has 25 heavy (non-hydrogen) atoms. The van der Waals surface area contributed by atoms with Crippen LogP contribution in [0.5, 0.6) is 17.2 Å². The molecule has 3 rings (SSSR count). The molecule has 1 atom stereocenters. The molecule has 0 saturated carbocycles. The summed E-state index contributed by atoms with van der Waals surface area (Å²) in [6.07, 6.45) is 1.03. The van der Waals surface area contributed by atoms with Gasteiger partial charge >= 0.3 is 0 Å². The van der Waals surface area contributed by atoms with Gasteiger partial charge in [-0.3, -0.25) is 9.59 Å². The fourth-order valence-corrected chi connectivity index (χ4v) is 3.20. The van der Waals surface area contributed by atoms with Crippen LogP contribution in [0.4, 0.5) is 0 Å². The number of hydrogen-bond donors (Lipinski definition) is 1. The topological polar surface area (TPSA) is 77.1 Å². The first-order valence-electron chi connectivity index (χ1n) is 8.64. The lowest BCUT2D eigenvalue weighted by Gasteiger charge is -2.31. The first-order chi connectivity index (χ1) is 12.1. The summed E-state index contributed by atoms with van der Waals surface area (Å²) in [5, 5.41) is 2.96. The van der Waals surface area contributed by atoms with Crippen LogP contribution in [0.25, 0.3) is 0 Å². The van der Waals surface area contributed by atoms with E-state index in [0.29, 0.717) is 62.9 Å². The van der Waals surface area contributed by atoms with E-state index in [2.05, 4.69) is 5.32 Å². The third-order valence-electron chi connectivity index (χ3n) is 4.65. The number of nitrogens with zero attached hydrogens (tertiary/aromatic N) is 1. The molecule has 2 aliphatic rings. The lowest BCUT2D eigenvalue weighted by molar-refractivity contribution is -0.138. The second-order valence-corrected chi connectivity index (χ2v) is 6.19. The molecule has 2 amide bonds. The molecule has 1 saturated heterocycles. The van der Waals surface area contributed by atoms with Gasteiger partial charge in [-0.15, -0.1) is 0 Å². The van der Waals surface area contributed by atoms with E-state index in [-0.39, 0.29) is 17.7 Å². The number of hydrogen-bond acceptors (Lipinski definition) is 5. The Bertz CT molecular complexity index is 661.